The van der Waals surface area contributed by atoms with Crippen LogP contribution in [0.2, 0.25) is 0 Å². The first kappa shape index (κ1) is 63.0. The van der Waals surface area contributed by atoms with Crippen molar-refractivity contribution < 1.29 is 52.4 Å². The number of rotatable bonds is 2. The second-order valence-corrected chi connectivity index (χ2v) is 3.71. The van der Waals surface area contributed by atoms with E-state index in [9.17, 15) is 0 Å². The molecule has 0 atom stereocenters. The van der Waals surface area contributed by atoms with E-state index in [-0.39, 0.29) is 141 Å². The quantitative estimate of drug-likeness (QED) is 0.246. The minimum Gasteiger partial charge on any atom is -0.343 e. The van der Waals surface area contributed by atoms with Crippen molar-refractivity contribution >= 4 is 88.2 Å². The van der Waals surface area contributed by atoms with Crippen molar-refractivity contribution in [2.45, 2.75) is 52.4 Å². The molecule has 8 heteroatoms. The van der Waals surface area contributed by atoms with Crippen molar-refractivity contribution in [3.63, 3.8) is 0 Å². The van der Waals surface area contributed by atoms with Crippen LogP contribution in [-0.2, 0) is 52.4 Å². The maximum Gasteiger partial charge on any atom is 2.00 e. The van der Waals surface area contributed by atoms with Crippen molar-refractivity contribution in [1.82, 2.24) is 0 Å². The minimum absolute atomic E-state index is 0. The molecule has 2 rings (SSSR count). The number of hydrogen-bond donors (Lipinski definition) is 0. The fourth-order valence-electron chi connectivity index (χ4n) is 0.680. The van der Waals surface area contributed by atoms with Crippen LogP contribution in [0.25, 0.3) is 0 Å². The van der Waals surface area contributed by atoms with Gasteiger partial charge in [-0.25, -0.2) is 24.3 Å². The van der Waals surface area contributed by atoms with Gasteiger partial charge >= 0.3 is 52.4 Å². The Morgan fingerprint density at radius 3 is 0.962 bits per heavy atom. The van der Waals surface area contributed by atoms with Gasteiger partial charge in [-0.05, 0) is 0 Å². The van der Waals surface area contributed by atoms with Crippen LogP contribution in [0.5, 0.6) is 0 Å². The summed E-state index contributed by atoms with van der Waals surface area (Å²) in [4.78, 5) is 0. The zero-order valence-corrected chi connectivity index (χ0v) is 28.1. The third kappa shape index (κ3) is 81.1. The SMILES string of the molecule is Br.Br.Br.Cl.Cl.Cl.[C-]1=CC=CC1.[C-]1=CC=CC1.[CH2-]CCC.[CH2-]CCC.[Zr+2].[Zr+2]. The maximum absolute atomic E-state index is 3.60. The summed E-state index contributed by atoms with van der Waals surface area (Å²) >= 11 is 0. The summed E-state index contributed by atoms with van der Waals surface area (Å²) in [5, 5.41) is 0. The van der Waals surface area contributed by atoms with Gasteiger partial charge in [0.25, 0.3) is 0 Å². The molecule has 2 aliphatic carbocycles. The first-order chi connectivity index (χ1) is 8.83. The minimum atomic E-state index is 0. The van der Waals surface area contributed by atoms with E-state index in [0.29, 0.717) is 0 Å². The molecule has 0 fully saturated rings. The summed E-state index contributed by atoms with van der Waals surface area (Å²) in [7, 11) is 0. The van der Waals surface area contributed by atoms with Crippen molar-refractivity contribution in [3.05, 3.63) is 62.5 Å². The fraction of sp³-hybridized carbons (Fsp3) is 0.444. The van der Waals surface area contributed by atoms with Crippen molar-refractivity contribution in [3.8, 4) is 0 Å². The van der Waals surface area contributed by atoms with E-state index in [1.165, 1.54) is 12.8 Å². The van der Waals surface area contributed by atoms with Gasteiger partial charge in [0.05, 0.1) is 0 Å². The predicted octanol–water partition coefficient (Wildman–Crippen LogP) is 8.85. The van der Waals surface area contributed by atoms with E-state index in [1.54, 1.807) is 0 Å². The Morgan fingerprint density at radius 2 is 0.923 bits per heavy atom. The molecule has 156 valence electrons. The van der Waals surface area contributed by atoms with Crippen molar-refractivity contribution in [2.75, 3.05) is 0 Å². The van der Waals surface area contributed by atoms with E-state index < -0.39 is 0 Å². The van der Waals surface area contributed by atoms with Gasteiger partial charge in [-0.3, -0.25) is 12.2 Å². The van der Waals surface area contributed by atoms with Gasteiger partial charge in [-0.1, -0.05) is 26.7 Å². The van der Waals surface area contributed by atoms with Gasteiger partial charge < -0.3 is 13.8 Å². The number of halogens is 6. The van der Waals surface area contributed by atoms with Crippen molar-refractivity contribution in [2.24, 2.45) is 0 Å². The molecule has 0 N–H and O–H groups in total. The zero-order chi connectivity index (χ0) is 13.9. The van der Waals surface area contributed by atoms with E-state index in [0.717, 1.165) is 25.7 Å². The van der Waals surface area contributed by atoms with Crippen LogP contribution in [0.1, 0.15) is 52.4 Å². The molecule has 0 unspecified atom stereocenters. The molecule has 0 aromatic carbocycles. The number of allylic oxidation sites excluding steroid dienone is 8. The zero-order valence-electron chi connectivity index (χ0n) is 15.6. The van der Waals surface area contributed by atoms with Crippen LogP contribution in [0, 0.1) is 26.0 Å². The first-order valence-electron chi connectivity index (χ1n) is 6.85. The summed E-state index contributed by atoms with van der Waals surface area (Å²) in [6, 6.07) is 0. The molecule has 0 aromatic heterocycles. The largest absolute Gasteiger partial charge is 2.00 e. The molecule has 0 nitrogen and oxygen atoms in total. The van der Waals surface area contributed by atoms with Gasteiger partial charge in [0, 0.05) is 0 Å². The molecule has 26 heavy (non-hydrogen) atoms. The van der Waals surface area contributed by atoms with E-state index in [4.69, 9.17) is 0 Å². The summed E-state index contributed by atoms with van der Waals surface area (Å²) in [5.74, 6) is 0. The summed E-state index contributed by atoms with van der Waals surface area (Å²) in [6.45, 7) is 11.4. The van der Waals surface area contributed by atoms with E-state index >= 15 is 0 Å². The molecule has 0 heterocycles. The van der Waals surface area contributed by atoms with Crippen LogP contribution in [0.3, 0.4) is 0 Å². The molecule has 0 saturated heterocycles. The normalized spacial score (nSPS) is 9.08. The third-order valence-electron chi connectivity index (χ3n) is 1.88. The molecule has 0 amide bonds. The Hall–Kier alpha value is 3.04. The first-order valence-corrected chi connectivity index (χ1v) is 6.85. The summed E-state index contributed by atoms with van der Waals surface area (Å²) < 4.78 is 0. The molecule has 0 aromatic rings. The Bertz CT molecular complexity index is 214. The Labute approximate surface area is 252 Å². The second-order valence-electron chi connectivity index (χ2n) is 3.71. The van der Waals surface area contributed by atoms with Gasteiger partial charge in [0.2, 0.25) is 0 Å². The van der Waals surface area contributed by atoms with E-state index in [2.05, 4.69) is 52.0 Å². The molecule has 0 radical (unpaired) electrons. The number of unbranched alkanes of at least 4 members (excludes halogenated alkanes) is 2. The smallest absolute Gasteiger partial charge is 0.343 e. The van der Waals surface area contributed by atoms with Gasteiger partial charge in [0.15, 0.2) is 0 Å². The topological polar surface area (TPSA) is 0 Å². The van der Waals surface area contributed by atoms with Crippen LogP contribution in [0.15, 0.2) is 36.5 Å². The molecular weight excluding hydrogens is 745 g/mol. The molecule has 0 spiro atoms. The Morgan fingerprint density at radius 1 is 0.692 bits per heavy atom. The predicted molar refractivity (Wildman–Crippen MR) is 136 cm³/mol. The van der Waals surface area contributed by atoms with Crippen LogP contribution in [-0.4, -0.2) is 0 Å². The molecule has 0 bridgehead atoms. The summed E-state index contributed by atoms with van der Waals surface area (Å²) in [5.41, 5.74) is 0. The van der Waals surface area contributed by atoms with Crippen LogP contribution < -0.4 is 0 Å². The maximum atomic E-state index is 3.60. The van der Waals surface area contributed by atoms with Crippen LogP contribution >= 0.6 is 88.2 Å². The van der Waals surface area contributed by atoms with E-state index in [1.807, 2.05) is 24.3 Å². The number of hydrogen-bond acceptors (Lipinski definition) is 0. The van der Waals surface area contributed by atoms with Gasteiger partial charge in [-0.2, -0.15) is 25.0 Å². The Balaban J connectivity index is -0.0000000150. The molecule has 0 saturated carbocycles. The van der Waals surface area contributed by atoms with Gasteiger partial charge in [-0.15, -0.1) is 101 Å². The average Bonchev–Trinajstić information content (AvgIpc) is 3.14. The monoisotopic (exact) mass is 772 g/mol. The average molecular weight is 779 g/mol. The summed E-state index contributed by atoms with van der Waals surface area (Å²) in [6.07, 6.45) is 24.6. The molecule has 0 aliphatic heterocycles. The molecular formula is C18H34Br3Cl3Zr2. The Kier molecular flexibility index (Phi) is 171. The van der Waals surface area contributed by atoms with Gasteiger partial charge in [0.1, 0.15) is 0 Å². The van der Waals surface area contributed by atoms with Crippen molar-refractivity contribution in [1.29, 1.82) is 0 Å². The van der Waals surface area contributed by atoms with Crippen LogP contribution in [0.4, 0.5) is 0 Å². The molecule has 2 aliphatic rings. The fourth-order valence-corrected chi connectivity index (χ4v) is 0.680. The standard InChI is InChI=1S/2C5H5.2C4H9.3BrH.3ClH.2Zr/c2*1-2-4-5-3-1;2*1-3-4-2;;;;;;;;/h2*1-3H,4H2;2*1,3-4H2,2H3;6*1H;;/q4*-1;;;;;;;2*+2. The second kappa shape index (κ2) is 70.6. The third-order valence-corrected chi connectivity index (χ3v) is 1.88.